The van der Waals surface area contributed by atoms with E-state index in [0.29, 0.717) is 0 Å². The van der Waals surface area contributed by atoms with Gasteiger partial charge < -0.3 is 12.4 Å². The third-order valence-electron chi connectivity index (χ3n) is 0.955. The molecule has 11 heavy (non-hydrogen) atoms. The first-order chi connectivity index (χ1) is 4.61. The van der Waals surface area contributed by atoms with E-state index in [-0.39, 0.29) is 12.4 Å². The molecule has 0 saturated carbocycles. The number of aromatic nitrogens is 1. The fourth-order valence-corrected chi connectivity index (χ4v) is 0.530. The largest absolute Gasteiger partial charge is 1.00 e. The van der Waals surface area contributed by atoms with Crippen molar-refractivity contribution < 1.29 is 25.6 Å². The topological polar surface area (TPSA) is 12.9 Å². The molecule has 0 unspecified atom stereocenters. The molecule has 1 nitrogen and oxygen atoms in total. The smallest absolute Gasteiger partial charge is 0.433 e. The van der Waals surface area contributed by atoms with E-state index in [9.17, 15) is 13.2 Å². The standard InChI is InChI=1S/C6H4F3N.ClH/c7-6(8,9)5-3-1-2-4-10-5;/h1-4H;1H/p-1. The highest BCUT2D eigenvalue weighted by molar-refractivity contribution is 5.06. The predicted molar refractivity (Wildman–Crippen MR) is 29.2 cm³/mol. The van der Waals surface area contributed by atoms with Crippen LogP contribution in [0, 0.1) is 0 Å². The highest BCUT2D eigenvalue weighted by Crippen LogP contribution is 2.26. The van der Waals surface area contributed by atoms with Gasteiger partial charge in [-0.05, 0) is 12.1 Å². The second kappa shape index (κ2) is 3.57. The summed E-state index contributed by atoms with van der Waals surface area (Å²) < 4.78 is 35.2. The van der Waals surface area contributed by atoms with Gasteiger partial charge in [0, 0.05) is 6.20 Å². The second-order valence-corrected chi connectivity index (χ2v) is 1.71. The SMILES string of the molecule is FC(F)(F)c1ccccn1.[Cl-]. The summed E-state index contributed by atoms with van der Waals surface area (Å²) in [4.78, 5) is 3.12. The molecule has 0 bridgehead atoms. The van der Waals surface area contributed by atoms with Crippen molar-refractivity contribution in [1.29, 1.82) is 0 Å². The summed E-state index contributed by atoms with van der Waals surface area (Å²) in [6, 6.07) is 3.67. The van der Waals surface area contributed by atoms with Gasteiger partial charge in [0.15, 0.2) is 0 Å². The number of hydrogen-bond acceptors (Lipinski definition) is 1. The van der Waals surface area contributed by atoms with Crippen molar-refractivity contribution in [1.82, 2.24) is 4.98 Å². The van der Waals surface area contributed by atoms with Crippen LogP contribution in [0.4, 0.5) is 13.2 Å². The fourth-order valence-electron chi connectivity index (χ4n) is 0.530. The van der Waals surface area contributed by atoms with Gasteiger partial charge in [0.25, 0.3) is 0 Å². The molecule has 0 amide bonds. The molecule has 1 heterocycles. The molecule has 0 radical (unpaired) electrons. The molecule has 1 aromatic rings. The van der Waals surface area contributed by atoms with Crippen LogP contribution in [0.25, 0.3) is 0 Å². The van der Waals surface area contributed by atoms with Crippen LogP contribution in [0.1, 0.15) is 5.69 Å². The van der Waals surface area contributed by atoms with Crippen molar-refractivity contribution in [2.24, 2.45) is 0 Å². The Balaban J connectivity index is 0.000001000. The molecule has 0 saturated heterocycles. The van der Waals surface area contributed by atoms with Crippen LogP contribution in [-0.2, 0) is 6.18 Å². The fraction of sp³-hybridized carbons (Fsp3) is 0.167. The maximum Gasteiger partial charge on any atom is 0.433 e. The first kappa shape index (κ1) is 10.2. The van der Waals surface area contributed by atoms with E-state index in [0.717, 1.165) is 12.3 Å². The van der Waals surface area contributed by atoms with Gasteiger partial charge in [-0.3, -0.25) is 4.98 Å². The Labute approximate surface area is 67.7 Å². The minimum absolute atomic E-state index is 0. The molecular formula is C6H4ClF3N-. The van der Waals surface area contributed by atoms with E-state index in [2.05, 4.69) is 4.98 Å². The third kappa shape index (κ3) is 2.76. The van der Waals surface area contributed by atoms with E-state index in [4.69, 9.17) is 0 Å². The van der Waals surface area contributed by atoms with Gasteiger partial charge in [-0.15, -0.1) is 0 Å². The number of hydrogen-bond donors (Lipinski definition) is 0. The van der Waals surface area contributed by atoms with Crippen molar-refractivity contribution in [3.8, 4) is 0 Å². The van der Waals surface area contributed by atoms with Gasteiger partial charge in [-0.25, -0.2) is 0 Å². The summed E-state index contributed by atoms with van der Waals surface area (Å²) in [7, 11) is 0. The zero-order valence-corrected chi connectivity index (χ0v) is 6.02. The second-order valence-electron chi connectivity index (χ2n) is 1.71. The third-order valence-corrected chi connectivity index (χ3v) is 0.955. The Hall–Kier alpha value is -0.770. The van der Waals surface area contributed by atoms with Crippen molar-refractivity contribution in [2.75, 3.05) is 0 Å². The van der Waals surface area contributed by atoms with E-state index < -0.39 is 11.9 Å². The summed E-state index contributed by atoms with van der Waals surface area (Å²) in [5.74, 6) is 0. The van der Waals surface area contributed by atoms with E-state index >= 15 is 0 Å². The lowest BCUT2D eigenvalue weighted by atomic mass is 10.3. The minimum atomic E-state index is -4.32. The molecule has 1 aromatic heterocycles. The Morgan fingerprint density at radius 2 is 1.82 bits per heavy atom. The predicted octanol–water partition coefficient (Wildman–Crippen LogP) is -0.896. The zero-order valence-electron chi connectivity index (χ0n) is 5.27. The van der Waals surface area contributed by atoms with Gasteiger partial charge in [-0.2, -0.15) is 13.2 Å². The van der Waals surface area contributed by atoms with E-state index in [1.807, 2.05) is 0 Å². The first-order valence-corrected chi connectivity index (χ1v) is 2.59. The molecular weight excluding hydrogens is 179 g/mol. The van der Waals surface area contributed by atoms with Gasteiger partial charge in [0.2, 0.25) is 0 Å². The number of pyridine rings is 1. The van der Waals surface area contributed by atoms with Gasteiger partial charge in [0.1, 0.15) is 5.69 Å². The number of alkyl halides is 3. The lowest BCUT2D eigenvalue weighted by Gasteiger charge is -2.02. The molecule has 0 spiro atoms. The van der Waals surface area contributed by atoms with Crippen LogP contribution in [0.3, 0.4) is 0 Å². The van der Waals surface area contributed by atoms with Crippen LogP contribution in [0.5, 0.6) is 0 Å². The average Bonchev–Trinajstić information content (AvgIpc) is 1.88. The van der Waals surface area contributed by atoms with Crippen LogP contribution in [0.15, 0.2) is 24.4 Å². The van der Waals surface area contributed by atoms with E-state index in [1.54, 1.807) is 0 Å². The lowest BCUT2D eigenvalue weighted by Crippen LogP contribution is -3.00. The molecule has 0 atom stereocenters. The molecule has 0 aliphatic rings. The Bertz CT molecular complexity index is 209. The maximum atomic E-state index is 11.7. The molecule has 0 N–H and O–H groups in total. The molecule has 0 aliphatic carbocycles. The molecule has 62 valence electrons. The zero-order chi connectivity index (χ0) is 7.61. The Kier molecular flexibility index (Phi) is 3.32. The van der Waals surface area contributed by atoms with Crippen LogP contribution >= 0.6 is 0 Å². The highest BCUT2D eigenvalue weighted by atomic mass is 35.5. The van der Waals surface area contributed by atoms with Crippen LogP contribution in [-0.4, -0.2) is 4.98 Å². The van der Waals surface area contributed by atoms with Crippen molar-refractivity contribution >= 4 is 0 Å². The molecule has 0 aliphatic heterocycles. The number of nitrogens with zero attached hydrogens (tertiary/aromatic N) is 1. The Morgan fingerprint density at radius 1 is 1.18 bits per heavy atom. The number of rotatable bonds is 0. The number of halogens is 4. The first-order valence-electron chi connectivity index (χ1n) is 2.59. The molecule has 1 rings (SSSR count). The monoisotopic (exact) mass is 182 g/mol. The quantitative estimate of drug-likeness (QED) is 0.507. The van der Waals surface area contributed by atoms with Crippen molar-refractivity contribution in [2.45, 2.75) is 6.18 Å². The normalized spacial score (nSPS) is 10.5. The van der Waals surface area contributed by atoms with Crippen molar-refractivity contribution in [3.63, 3.8) is 0 Å². The summed E-state index contributed by atoms with van der Waals surface area (Å²) >= 11 is 0. The molecule has 5 heteroatoms. The molecule has 0 aromatic carbocycles. The highest BCUT2D eigenvalue weighted by Gasteiger charge is 2.31. The Morgan fingerprint density at radius 3 is 2.09 bits per heavy atom. The van der Waals surface area contributed by atoms with E-state index in [1.165, 1.54) is 12.1 Å². The minimum Gasteiger partial charge on any atom is -1.00 e. The van der Waals surface area contributed by atoms with Gasteiger partial charge in [-0.1, -0.05) is 6.07 Å². The summed E-state index contributed by atoms with van der Waals surface area (Å²) in [6.45, 7) is 0. The molecule has 0 fully saturated rings. The average molecular weight is 183 g/mol. The van der Waals surface area contributed by atoms with Crippen LogP contribution < -0.4 is 12.4 Å². The van der Waals surface area contributed by atoms with Gasteiger partial charge in [0.05, 0.1) is 0 Å². The summed E-state index contributed by atoms with van der Waals surface area (Å²) in [6.07, 6.45) is -3.20. The van der Waals surface area contributed by atoms with Crippen LogP contribution in [0.2, 0.25) is 0 Å². The lowest BCUT2D eigenvalue weighted by molar-refractivity contribution is -0.141. The van der Waals surface area contributed by atoms with Gasteiger partial charge >= 0.3 is 6.18 Å². The maximum absolute atomic E-state index is 11.7. The summed E-state index contributed by atoms with van der Waals surface area (Å²) in [5.41, 5.74) is -0.852. The van der Waals surface area contributed by atoms with Crippen molar-refractivity contribution in [3.05, 3.63) is 30.1 Å². The summed E-state index contributed by atoms with van der Waals surface area (Å²) in [5, 5.41) is 0.